The number of nitrogens with one attached hydrogen (secondary N) is 2. The van der Waals surface area contributed by atoms with E-state index in [9.17, 15) is 24.6 Å². The van der Waals surface area contributed by atoms with Gasteiger partial charge < -0.3 is 31.5 Å². The van der Waals surface area contributed by atoms with E-state index in [1.807, 2.05) is 77.1 Å². The predicted molar refractivity (Wildman–Crippen MR) is 181 cm³/mol. The summed E-state index contributed by atoms with van der Waals surface area (Å²) in [6.07, 6.45) is 0.702. The Morgan fingerprint density at radius 1 is 0.911 bits per heavy atom. The molecule has 45 heavy (non-hydrogen) atoms. The van der Waals surface area contributed by atoms with Crippen LogP contribution >= 0.6 is 0 Å². The van der Waals surface area contributed by atoms with Gasteiger partial charge in [-0.3, -0.25) is 14.4 Å². The molecule has 0 heterocycles. The lowest BCUT2D eigenvalue weighted by atomic mass is 9.79. The number of carbonyl (C=O) groups excluding carboxylic acids is 3. The molecule has 0 fully saturated rings. The first-order valence-electron chi connectivity index (χ1n) is 16.6. The van der Waals surface area contributed by atoms with E-state index in [-0.39, 0.29) is 36.5 Å². The molecule has 6 atom stereocenters. The smallest absolute Gasteiger partial charge is 0.250 e. The second-order valence-corrected chi connectivity index (χ2v) is 13.6. The maximum absolute atomic E-state index is 14.9. The van der Waals surface area contributed by atoms with Gasteiger partial charge in [0.25, 0.3) is 5.91 Å². The topological polar surface area (TPSA) is 145 Å². The van der Waals surface area contributed by atoms with Crippen molar-refractivity contribution in [2.24, 2.45) is 23.5 Å². The highest BCUT2D eigenvalue weighted by atomic mass is 16.3. The Labute approximate surface area is 270 Å². The molecule has 0 spiro atoms. The molecule has 0 bridgehead atoms. The van der Waals surface area contributed by atoms with Crippen molar-refractivity contribution in [3.8, 4) is 0 Å². The number of rotatable bonds is 18. The van der Waals surface area contributed by atoms with E-state index < -0.39 is 41.7 Å². The number of nitrogens with two attached hydrogens (primary N) is 1. The Hall–Kier alpha value is -3.01. The number of likely N-dealkylation sites (N-methyl/N-ethyl adjacent to an activating group) is 1. The minimum atomic E-state index is -1.41. The zero-order valence-corrected chi connectivity index (χ0v) is 28.7. The second-order valence-electron chi connectivity index (χ2n) is 13.6. The Morgan fingerprint density at radius 2 is 1.56 bits per heavy atom. The maximum Gasteiger partial charge on any atom is 0.250 e. The lowest BCUT2D eigenvalue weighted by molar-refractivity contribution is -0.149. The molecule has 0 aromatic heterocycles. The van der Waals surface area contributed by atoms with Crippen LogP contribution < -0.4 is 16.4 Å². The minimum absolute atomic E-state index is 0.0668. The zero-order valence-electron chi connectivity index (χ0n) is 28.7. The van der Waals surface area contributed by atoms with Crippen LogP contribution in [-0.2, 0) is 19.9 Å². The van der Waals surface area contributed by atoms with Crippen molar-refractivity contribution >= 4 is 28.5 Å². The minimum Gasteiger partial charge on any atom is -0.393 e. The molecule has 0 aliphatic carbocycles. The van der Waals surface area contributed by atoms with Crippen molar-refractivity contribution in [1.29, 1.82) is 0 Å². The summed E-state index contributed by atoms with van der Waals surface area (Å²) in [5, 5.41) is 29.7. The third kappa shape index (κ3) is 10.2. The van der Waals surface area contributed by atoms with Crippen LogP contribution in [0, 0.1) is 17.8 Å². The van der Waals surface area contributed by atoms with Gasteiger partial charge in [0.1, 0.15) is 5.54 Å². The Morgan fingerprint density at radius 3 is 2.13 bits per heavy atom. The maximum atomic E-state index is 14.9. The van der Waals surface area contributed by atoms with E-state index in [1.54, 1.807) is 20.9 Å². The third-order valence-corrected chi connectivity index (χ3v) is 8.51. The number of unbranched alkanes of at least 4 members (excludes halogenated alkanes) is 1. The van der Waals surface area contributed by atoms with Crippen molar-refractivity contribution in [3.05, 3.63) is 48.0 Å². The van der Waals surface area contributed by atoms with Crippen molar-refractivity contribution in [2.45, 2.75) is 117 Å². The first-order valence-corrected chi connectivity index (χ1v) is 16.6. The van der Waals surface area contributed by atoms with Crippen LogP contribution in [0.2, 0.25) is 0 Å². The first-order chi connectivity index (χ1) is 21.1. The SMILES string of the molecule is CCCC[C@](C(=O)N[C@@H](CC(C)C)[C@@H](O)CC(CC(C)O)C(=O)NCC(C)C)(c1cccc2ccccc12)N(C)C(=O)[C@H](C)N. The largest absolute Gasteiger partial charge is 0.393 e. The number of carbonyl (C=O) groups is 3. The van der Waals surface area contributed by atoms with Crippen molar-refractivity contribution < 1.29 is 24.6 Å². The lowest BCUT2D eigenvalue weighted by Gasteiger charge is -2.43. The normalized spacial score (nSPS) is 16.5. The molecule has 6 N–H and O–H groups in total. The highest BCUT2D eigenvalue weighted by Crippen LogP contribution is 2.39. The van der Waals surface area contributed by atoms with Crippen LogP contribution in [0.4, 0.5) is 0 Å². The molecule has 3 amide bonds. The molecule has 9 nitrogen and oxygen atoms in total. The van der Waals surface area contributed by atoms with Crippen LogP contribution in [0.5, 0.6) is 0 Å². The molecular formula is C36H58N4O5. The van der Waals surface area contributed by atoms with Gasteiger partial charge >= 0.3 is 0 Å². The van der Waals surface area contributed by atoms with Gasteiger partial charge in [-0.05, 0) is 67.7 Å². The fraction of sp³-hybridized carbons (Fsp3) is 0.639. The Bertz CT molecular complexity index is 1240. The van der Waals surface area contributed by atoms with Crippen LogP contribution in [0.3, 0.4) is 0 Å². The molecule has 9 heteroatoms. The molecule has 2 aromatic rings. The predicted octanol–water partition coefficient (Wildman–Crippen LogP) is 4.47. The quantitative estimate of drug-likeness (QED) is 0.165. The number of benzene rings is 2. The molecule has 2 rings (SSSR count). The van der Waals surface area contributed by atoms with Crippen molar-refractivity contribution in [2.75, 3.05) is 13.6 Å². The average molecular weight is 627 g/mol. The van der Waals surface area contributed by atoms with E-state index in [2.05, 4.69) is 10.6 Å². The molecule has 0 saturated carbocycles. The number of hydrogen-bond acceptors (Lipinski definition) is 6. The van der Waals surface area contributed by atoms with Crippen LogP contribution in [0.15, 0.2) is 42.5 Å². The Kier molecular flexibility index (Phi) is 14.9. The summed E-state index contributed by atoms with van der Waals surface area (Å²) in [5.41, 5.74) is 5.40. The number of aliphatic hydroxyl groups excluding tert-OH is 2. The number of aliphatic hydroxyl groups is 2. The molecule has 0 aliphatic heterocycles. The molecule has 252 valence electrons. The summed E-state index contributed by atoms with van der Waals surface area (Å²) in [4.78, 5) is 43.1. The molecule has 0 aliphatic rings. The van der Waals surface area contributed by atoms with Gasteiger partial charge in [0, 0.05) is 19.5 Å². The summed E-state index contributed by atoms with van der Waals surface area (Å²) in [6.45, 7) is 13.8. The standard InChI is InChI=1S/C36H58N4O5/c1-9-10-18-36(40(8)34(44)26(7)37,30-17-13-15-27-14-11-12-16-29(27)30)35(45)39-31(19-23(2)3)32(42)21-28(20-25(6)41)33(43)38-22-24(4)5/h11-17,23-26,28,31-32,41-42H,9-10,18-22,37H2,1-8H3,(H,38,43)(H,39,45)/t25?,26-,28?,31-,32-,36+/m0/s1. The number of hydrogen-bond donors (Lipinski definition) is 5. The van der Waals surface area contributed by atoms with Gasteiger partial charge in [0.2, 0.25) is 11.8 Å². The Balaban J connectivity index is 2.64. The van der Waals surface area contributed by atoms with Crippen LogP contribution in [-0.4, -0.2) is 70.7 Å². The second kappa shape index (κ2) is 17.6. The summed E-state index contributed by atoms with van der Waals surface area (Å²) >= 11 is 0. The van der Waals surface area contributed by atoms with E-state index in [0.717, 1.165) is 17.2 Å². The average Bonchev–Trinajstić information content (AvgIpc) is 2.98. The monoisotopic (exact) mass is 626 g/mol. The van der Waals surface area contributed by atoms with Gasteiger partial charge in [0.15, 0.2) is 0 Å². The molecule has 0 saturated heterocycles. The molecule has 2 unspecified atom stereocenters. The van der Waals surface area contributed by atoms with E-state index in [4.69, 9.17) is 5.73 Å². The molecule has 2 aromatic carbocycles. The molecular weight excluding hydrogens is 568 g/mol. The first kappa shape index (κ1) is 38.2. The van der Waals surface area contributed by atoms with Gasteiger partial charge in [0.05, 0.1) is 24.3 Å². The zero-order chi connectivity index (χ0) is 33.9. The highest BCUT2D eigenvalue weighted by molar-refractivity contribution is 5.99. The van der Waals surface area contributed by atoms with Gasteiger partial charge in [-0.2, -0.15) is 0 Å². The van der Waals surface area contributed by atoms with Crippen LogP contribution in [0.25, 0.3) is 10.8 Å². The van der Waals surface area contributed by atoms with Crippen molar-refractivity contribution in [1.82, 2.24) is 15.5 Å². The summed E-state index contributed by atoms with van der Waals surface area (Å²) in [7, 11) is 1.63. The summed E-state index contributed by atoms with van der Waals surface area (Å²) in [5.74, 6) is -1.27. The molecule has 0 radical (unpaired) electrons. The van der Waals surface area contributed by atoms with Gasteiger partial charge in [-0.15, -0.1) is 0 Å². The summed E-state index contributed by atoms with van der Waals surface area (Å²) < 4.78 is 0. The highest BCUT2D eigenvalue weighted by Gasteiger charge is 2.48. The van der Waals surface area contributed by atoms with Gasteiger partial charge in [-0.25, -0.2) is 0 Å². The van der Waals surface area contributed by atoms with E-state index >= 15 is 0 Å². The van der Waals surface area contributed by atoms with Crippen molar-refractivity contribution in [3.63, 3.8) is 0 Å². The van der Waals surface area contributed by atoms with E-state index in [1.165, 1.54) is 4.90 Å². The lowest BCUT2D eigenvalue weighted by Crippen LogP contribution is -2.62. The number of fused-ring (bicyclic) bond motifs is 1. The van der Waals surface area contributed by atoms with Gasteiger partial charge in [-0.1, -0.05) is 89.9 Å². The third-order valence-electron chi connectivity index (χ3n) is 8.51. The number of nitrogens with zero attached hydrogens (tertiary/aromatic N) is 1. The fourth-order valence-electron chi connectivity index (χ4n) is 6.12. The number of amides is 3. The fourth-order valence-corrected chi connectivity index (χ4v) is 6.12. The van der Waals surface area contributed by atoms with Crippen LogP contribution in [0.1, 0.15) is 92.6 Å². The summed E-state index contributed by atoms with van der Waals surface area (Å²) in [6, 6.07) is 12.0. The van der Waals surface area contributed by atoms with E-state index in [0.29, 0.717) is 31.4 Å².